The molecule has 0 spiro atoms. The van der Waals surface area contributed by atoms with E-state index in [1.54, 1.807) is 6.07 Å². The molecule has 30 heavy (non-hydrogen) atoms. The number of hydrogen-bond donors (Lipinski definition) is 3. The molecule has 1 atom stereocenters. The zero-order chi connectivity index (χ0) is 21.4. The number of rotatable bonds is 4. The maximum absolute atomic E-state index is 12.9. The second kappa shape index (κ2) is 8.04. The van der Waals surface area contributed by atoms with Crippen molar-refractivity contribution in [1.82, 2.24) is 5.32 Å². The molecule has 0 radical (unpaired) electrons. The monoisotopic (exact) mass is 416 g/mol. The van der Waals surface area contributed by atoms with Crippen molar-refractivity contribution in [3.05, 3.63) is 65.2 Å². The summed E-state index contributed by atoms with van der Waals surface area (Å²) in [5.41, 5.74) is 14.4. The van der Waals surface area contributed by atoms with Crippen molar-refractivity contribution in [3.8, 4) is 0 Å². The van der Waals surface area contributed by atoms with E-state index in [4.69, 9.17) is 11.5 Å². The number of nitrogens with one attached hydrogen (secondary N) is 1. The number of para-hydroxylation sites is 1. The Kier molecular flexibility index (Phi) is 5.59. The standard InChI is InChI=1S/C23H27F3N4/c24-23(25,26)17-5-3-4-15(12-17)14-29-18-10-8-16(9-11-18)22(28)13-21(27)30-20-7-2-1-6-19(20)22/h1-7,12,16,18,29H,8-11,13-14,28H2,(H2,27,30). The van der Waals surface area contributed by atoms with Gasteiger partial charge in [0, 0.05) is 19.0 Å². The summed E-state index contributed by atoms with van der Waals surface area (Å²) >= 11 is 0. The van der Waals surface area contributed by atoms with Gasteiger partial charge < -0.3 is 16.8 Å². The number of nitrogens with two attached hydrogens (primary N) is 2. The van der Waals surface area contributed by atoms with Crippen LogP contribution in [-0.4, -0.2) is 11.9 Å². The molecule has 2 aliphatic rings. The lowest BCUT2D eigenvalue weighted by molar-refractivity contribution is -0.137. The van der Waals surface area contributed by atoms with Crippen LogP contribution in [0.25, 0.3) is 0 Å². The van der Waals surface area contributed by atoms with E-state index in [9.17, 15) is 13.2 Å². The molecule has 4 nitrogen and oxygen atoms in total. The Balaban J connectivity index is 1.37. The molecule has 2 aromatic rings. The zero-order valence-electron chi connectivity index (χ0n) is 16.8. The van der Waals surface area contributed by atoms with Crippen LogP contribution < -0.4 is 16.8 Å². The van der Waals surface area contributed by atoms with Gasteiger partial charge in [-0.2, -0.15) is 13.2 Å². The summed E-state index contributed by atoms with van der Waals surface area (Å²) in [6.45, 7) is 0.426. The third-order valence-electron chi connectivity index (χ3n) is 6.45. The highest BCUT2D eigenvalue weighted by Gasteiger charge is 2.42. The summed E-state index contributed by atoms with van der Waals surface area (Å²) in [6, 6.07) is 13.7. The zero-order valence-corrected chi connectivity index (χ0v) is 16.8. The normalized spacial score (nSPS) is 26.7. The summed E-state index contributed by atoms with van der Waals surface area (Å²) in [5, 5.41) is 3.42. The fourth-order valence-corrected chi connectivity index (χ4v) is 4.85. The van der Waals surface area contributed by atoms with Crippen LogP contribution in [0.3, 0.4) is 0 Å². The highest BCUT2D eigenvalue weighted by molar-refractivity contribution is 5.87. The maximum atomic E-state index is 12.9. The Morgan fingerprint density at radius 2 is 1.77 bits per heavy atom. The molecule has 1 unspecified atom stereocenters. The number of aliphatic imine (C=N–C) groups is 1. The van der Waals surface area contributed by atoms with Crippen LogP contribution in [0.2, 0.25) is 0 Å². The first-order chi connectivity index (χ1) is 14.3. The molecule has 0 amide bonds. The van der Waals surface area contributed by atoms with E-state index < -0.39 is 17.3 Å². The number of amidine groups is 1. The Morgan fingerprint density at radius 1 is 1.03 bits per heavy atom. The van der Waals surface area contributed by atoms with Gasteiger partial charge in [0.2, 0.25) is 0 Å². The average molecular weight is 416 g/mol. The number of fused-ring (bicyclic) bond motifs is 1. The van der Waals surface area contributed by atoms with Crippen molar-refractivity contribution in [2.24, 2.45) is 22.4 Å². The molecule has 1 heterocycles. The van der Waals surface area contributed by atoms with Crippen LogP contribution in [0, 0.1) is 5.92 Å². The van der Waals surface area contributed by atoms with Gasteiger partial charge in [0.15, 0.2) is 0 Å². The number of nitrogens with zero attached hydrogens (tertiary/aromatic N) is 1. The predicted molar refractivity (Wildman–Crippen MR) is 112 cm³/mol. The molecular weight excluding hydrogens is 389 g/mol. The maximum Gasteiger partial charge on any atom is 0.416 e. The van der Waals surface area contributed by atoms with Gasteiger partial charge in [0.1, 0.15) is 5.84 Å². The lowest BCUT2D eigenvalue weighted by atomic mass is 9.67. The van der Waals surface area contributed by atoms with E-state index in [0.717, 1.165) is 43.0 Å². The average Bonchev–Trinajstić information content (AvgIpc) is 2.72. The smallest absolute Gasteiger partial charge is 0.387 e. The second-order valence-corrected chi connectivity index (χ2v) is 8.47. The van der Waals surface area contributed by atoms with Crippen molar-refractivity contribution in [3.63, 3.8) is 0 Å². The molecule has 0 aromatic heterocycles. The first kappa shape index (κ1) is 20.9. The van der Waals surface area contributed by atoms with Crippen LogP contribution in [-0.2, 0) is 18.3 Å². The third kappa shape index (κ3) is 4.23. The van der Waals surface area contributed by atoms with Crippen molar-refractivity contribution >= 4 is 11.5 Å². The van der Waals surface area contributed by atoms with Gasteiger partial charge in [-0.15, -0.1) is 0 Å². The minimum absolute atomic E-state index is 0.268. The van der Waals surface area contributed by atoms with E-state index in [2.05, 4.69) is 10.3 Å². The summed E-state index contributed by atoms with van der Waals surface area (Å²) in [7, 11) is 0. The van der Waals surface area contributed by atoms with Gasteiger partial charge in [-0.3, -0.25) is 0 Å². The van der Waals surface area contributed by atoms with Gasteiger partial charge >= 0.3 is 6.18 Å². The number of alkyl halides is 3. The van der Waals surface area contributed by atoms with Gasteiger partial charge in [-0.1, -0.05) is 36.4 Å². The second-order valence-electron chi connectivity index (χ2n) is 8.47. The highest BCUT2D eigenvalue weighted by Crippen LogP contribution is 2.45. The van der Waals surface area contributed by atoms with Crippen LogP contribution in [0.5, 0.6) is 0 Å². The summed E-state index contributed by atoms with van der Waals surface area (Å²) in [5.74, 6) is 0.861. The van der Waals surface area contributed by atoms with Crippen molar-refractivity contribution in [2.75, 3.05) is 0 Å². The van der Waals surface area contributed by atoms with E-state index >= 15 is 0 Å². The Labute approximate surface area is 174 Å². The highest BCUT2D eigenvalue weighted by atomic mass is 19.4. The molecule has 160 valence electrons. The summed E-state index contributed by atoms with van der Waals surface area (Å²) in [4.78, 5) is 4.46. The molecule has 0 bridgehead atoms. The molecule has 2 aromatic carbocycles. The predicted octanol–water partition coefficient (Wildman–Crippen LogP) is 4.60. The van der Waals surface area contributed by atoms with Crippen LogP contribution >= 0.6 is 0 Å². The van der Waals surface area contributed by atoms with E-state index in [-0.39, 0.29) is 6.04 Å². The number of hydrogen-bond acceptors (Lipinski definition) is 4. The summed E-state index contributed by atoms with van der Waals surface area (Å²) in [6.07, 6.45) is -0.0116. The topological polar surface area (TPSA) is 76.4 Å². The quantitative estimate of drug-likeness (QED) is 0.682. The Hall–Kier alpha value is -2.38. The van der Waals surface area contributed by atoms with Crippen molar-refractivity contribution in [2.45, 2.75) is 56.4 Å². The fourth-order valence-electron chi connectivity index (χ4n) is 4.85. The number of halogens is 3. The first-order valence-electron chi connectivity index (χ1n) is 10.4. The van der Waals surface area contributed by atoms with E-state index in [0.29, 0.717) is 30.3 Å². The molecule has 0 saturated heterocycles. The third-order valence-corrected chi connectivity index (χ3v) is 6.45. The molecule has 1 saturated carbocycles. The molecule has 1 aliphatic carbocycles. The van der Waals surface area contributed by atoms with Crippen LogP contribution in [0.1, 0.15) is 48.8 Å². The molecule has 1 aliphatic heterocycles. The van der Waals surface area contributed by atoms with Crippen molar-refractivity contribution in [1.29, 1.82) is 0 Å². The van der Waals surface area contributed by atoms with Gasteiger partial charge in [0.05, 0.1) is 16.8 Å². The van der Waals surface area contributed by atoms with Crippen molar-refractivity contribution < 1.29 is 13.2 Å². The first-order valence-corrected chi connectivity index (χ1v) is 10.4. The van der Waals surface area contributed by atoms with Gasteiger partial charge in [0.25, 0.3) is 0 Å². The van der Waals surface area contributed by atoms with E-state index in [1.807, 2.05) is 24.3 Å². The lowest BCUT2D eigenvalue weighted by Gasteiger charge is -2.44. The SMILES string of the molecule is NC1=Nc2ccccc2C(N)(C2CCC(NCc3cccc(C(F)(F)F)c3)CC2)C1. The van der Waals surface area contributed by atoms with Crippen LogP contribution in [0.15, 0.2) is 53.5 Å². The fraction of sp³-hybridized carbons (Fsp3) is 0.435. The minimum atomic E-state index is -4.31. The minimum Gasteiger partial charge on any atom is -0.387 e. The molecule has 5 N–H and O–H groups in total. The van der Waals surface area contributed by atoms with Crippen LogP contribution in [0.4, 0.5) is 18.9 Å². The largest absolute Gasteiger partial charge is 0.416 e. The van der Waals surface area contributed by atoms with E-state index in [1.165, 1.54) is 12.1 Å². The number of benzene rings is 2. The summed E-state index contributed by atoms with van der Waals surface area (Å²) < 4.78 is 38.7. The Morgan fingerprint density at radius 3 is 2.50 bits per heavy atom. The molecule has 4 rings (SSSR count). The van der Waals surface area contributed by atoms with Gasteiger partial charge in [-0.05, 0) is 54.9 Å². The lowest BCUT2D eigenvalue weighted by Crippen LogP contribution is -2.50. The van der Waals surface area contributed by atoms with Gasteiger partial charge in [-0.25, -0.2) is 4.99 Å². The molecule has 1 fully saturated rings. The molecule has 7 heteroatoms. The Bertz CT molecular complexity index is 932. The molecular formula is C23H27F3N4.